The molecule has 2 N–H and O–H groups in total. The molecule has 0 unspecified atom stereocenters. The third-order valence-corrected chi connectivity index (χ3v) is 6.93. The number of aliphatic carboxylic acids is 1. The van der Waals surface area contributed by atoms with Gasteiger partial charge < -0.3 is 14.9 Å². The van der Waals surface area contributed by atoms with Gasteiger partial charge >= 0.3 is 5.97 Å². The van der Waals surface area contributed by atoms with Gasteiger partial charge in [-0.3, -0.25) is 4.79 Å². The largest absolute Gasteiger partial charge is 0.481 e. The number of carboxylic acid groups (broad SMARTS) is 1. The molecule has 2 bridgehead atoms. The highest BCUT2D eigenvalue weighted by molar-refractivity contribution is 5.66. The van der Waals surface area contributed by atoms with E-state index in [9.17, 15) is 9.90 Å². The van der Waals surface area contributed by atoms with Crippen molar-refractivity contribution in [2.45, 2.75) is 76.9 Å². The summed E-state index contributed by atoms with van der Waals surface area (Å²) >= 11 is 0. The van der Waals surface area contributed by atoms with Crippen LogP contribution in [0, 0.1) is 29.1 Å². The van der Waals surface area contributed by atoms with Gasteiger partial charge in [0.15, 0.2) is 0 Å². The quantitative estimate of drug-likeness (QED) is 0.241. The fraction of sp³-hybridized carbons (Fsp3) is 0.552. The maximum absolute atomic E-state index is 10.7. The first-order chi connectivity index (χ1) is 16.0. The highest BCUT2D eigenvalue weighted by Gasteiger charge is 2.57. The van der Waals surface area contributed by atoms with E-state index in [4.69, 9.17) is 9.84 Å². The van der Waals surface area contributed by atoms with Crippen molar-refractivity contribution in [2.75, 3.05) is 6.61 Å². The Morgan fingerprint density at radius 3 is 2.82 bits per heavy atom. The minimum absolute atomic E-state index is 0.138. The Morgan fingerprint density at radius 1 is 1.24 bits per heavy atom. The Bertz CT molecular complexity index is 863. The number of ether oxygens (including phenoxy) is 1. The summed E-state index contributed by atoms with van der Waals surface area (Å²) in [4.78, 5) is 10.7. The zero-order chi connectivity index (χ0) is 23.5. The molecule has 2 aliphatic rings. The molecule has 3 rings (SSSR count). The monoisotopic (exact) mass is 450 g/mol. The third kappa shape index (κ3) is 7.32. The fourth-order valence-corrected chi connectivity index (χ4v) is 5.09. The van der Waals surface area contributed by atoms with E-state index in [1.54, 1.807) is 0 Å². The van der Waals surface area contributed by atoms with Crippen LogP contribution in [0.2, 0.25) is 0 Å². The Balaban J connectivity index is 1.72. The van der Waals surface area contributed by atoms with E-state index < -0.39 is 12.1 Å². The van der Waals surface area contributed by atoms with Gasteiger partial charge in [-0.25, -0.2) is 0 Å². The Hall–Kier alpha value is -2.35. The molecule has 1 aliphatic heterocycles. The number of carboxylic acids is 1. The summed E-state index contributed by atoms with van der Waals surface area (Å²) in [6.45, 7) is 2.82. The fourth-order valence-electron chi connectivity index (χ4n) is 5.09. The van der Waals surface area contributed by atoms with Gasteiger partial charge in [0.05, 0.1) is 24.2 Å². The first-order valence-electron chi connectivity index (χ1n) is 12.5. The summed E-state index contributed by atoms with van der Waals surface area (Å²) in [6.07, 6.45) is 15.8. The molecule has 1 aliphatic carbocycles. The van der Waals surface area contributed by atoms with Gasteiger partial charge in [-0.05, 0) is 50.2 Å². The predicted molar refractivity (Wildman–Crippen MR) is 132 cm³/mol. The first kappa shape index (κ1) is 25.3. The van der Waals surface area contributed by atoms with Crippen LogP contribution in [0.4, 0.5) is 0 Å². The lowest BCUT2D eigenvalue weighted by molar-refractivity contribution is -0.137. The average molecular weight is 451 g/mol. The smallest absolute Gasteiger partial charge is 0.303 e. The molecule has 0 aromatic heterocycles. The van der Waals surface area contributed by atoms with Crippen LogP contribution in [-0.4, -0.2) is 35.0 Å². The van der Waals surface area contributed by atoms with Gasteiger partial charge in [-0.15, -0.1) is 0 Å². The second kappa shape index (κ2) is 12.8. The normalized spacial score (nSPS) is 27.2. The van der Waals surface area contributed by atoms with Crippen molar-refractivity contribution < 1.29 is 19.7 Å². The van der Waals surface area contributed by atoms with Gasteiger partial charge in [0.25, 0.3) is 0 Å². The Morgan fingerprint density at radius 2 is 2.06 bits per heavy atom. The van der Waals surface area contributed by atoms with E-state index in [-0.39, 0.29) is 23.9 Å². The van der Waals surface area contributed by atoms with Crippen LogP contribution in [0.5, 0.6) is 0 Å². The van der Waals surface area contributed by atoms with Crippen molar-refractivity contribution in [3.63, 3.8) is 0 Å². The number of carbonyl (C=O) groups is 1. The zero-order valence-corrected chi connectivity index (χ0v) is 19.8. The predicted octanol–water partition coefficient (Wildman–Crippen LogP) is 5.76. The van der Waals surface area contributed by atoms with Crippen LogP contribution in [-0.2, 0) is 9.53 Å². The lowest BCUT2D eigenvalue weighted by atomic mass is 9.73. The van der Waals surface area contributed by atoms with Crippen molar-refractivity contribution in [1.82, 2.24) is 0 Å². The number of fused-ring (bicyclic) bond motifs is 2. The molecular weight excluding hydrogens is 412 g/mol. The average Bonchev–Trinajstić information content (AvgIpc) is 3.36. The summed E-state index contributed by atoms with van der Waals surface area (Å²) in [6, 6.07) is 10.1. The van der Waals surface area contributed by atoms with Gasteiger partial charge in [0.2, 0.25) is 0 Å². The SMILES string of the molecule is CCCCC[C@H](O)/C=C/[C@@H]1[C@@H]2C[C@@](C#Cc3ccccc3)(CO2)[C@H]1C/C=C\CCCC(=O)O. The lowest BCUT2D eigenvalue weighted by Crippen LogP contribution is -2.35. The molecule has 178 valence electrons. The van der Waals surface area contributed by atoms with E-state index in [1.807, 2.05) is 36.4 Å². The number of benzene rings is 1. The van der Waals surface area contributed by atoms with Crippen molar-refractivity contribution in [2.24, 2.45) is 17.3 Å². The van der Waals surface area contributed by atoms with Crippen molar-refractivity contribution in [3.05, 3.63) is 60.2 Å². The minimum atomic E-state index is -0.744. The first-order valence-corrected chi connectivity index (χ1v) is 12.5. The molecule has 1 saturated heterocycles. The maximum atomic E-state index is 10.7. The molecule has 0 radical (unpaired) electrons. The molecular formula is C29H38O4. The van der Waals surface area contributed by atoms with Crippen molar-refractivity contribution in [3.8, 4) is 11.8 Å². The van der Waals surface area contributed by atoms with Crippen molar-refractivity contribution >= 4 is 5.97 Å². The molecule has 2 fully saturated rings. The van der Waals surface area contributed by atoms with E-state index in [0.29, 0.717) is 18.9 Å². The molecule has 0 spiro atoms. The minimum Gasteiger partial charge on any atom is -0.481 e. The zero-order valence-electron chi connectivity index (χ0n) is 19.8. The molecule has 1 saturated carbocycles. The van der Waals surface area contributed by atoms with Crippen LogP contribution in [0.1, 0.15) is 70.3 Å². The Kier molecular flexibility index (Phi) is 9.78. The van der Waals surface area contributed by atoms with E-state index in [1.165, 1.54) is 0 Å². The Labute approximate surface area is 198 Å². The van der Waals surface area contributed by atoms with Crippen LogP contribution < -0.4 is 0 Å². The third-order valence-electron chi connectivity index (χ3n) is 6.93. The van der Waals surface area contributed by atoms with E-state index in [2.05, 4.69) is 37.0 Å². The molecule has 5 atom stereocenters. The summed E-state index contributed by atoms with van der Waals surface area (Å²) in [5.74, 6) is 6.79. The number of aliphatic hydroxyl groups excluding tert-OH is 1. The van der Waals surface area contributed by atoms with E-state index in [0.717, 1.165) is 50.5 Å². The van der Waals surface area contributed by atoms with Crippen LogP contribution in [0.25, 0.3) is 0 Å². The van der Waals surface area contributed by atoms with Gasteiger partial charge in [-0.2, -0.15) is 0 Å². The number of hydrogen-bond donors (Lipinski definition) is 2. The second-order valence-corrected chi connectivity index (χ2v) is 9.45. The molecule has 1 aromatic carbocycles. The van der Waals surface area contributed by atoms with Gasteiger partial charge in [0, 0.05) is 17.9 Å². The number of aliphatic hydroxyl groups is 1. The van der Waals surface area contributed by atoms with Gasteiger partial charge in [-0.1, -0.05) is 80.5 Å². The van der Waals surface area contributed by atoms with Crippen LogP contribution >= 0.6 is 0 Å². The summed E-state index contributed by atoms with van der Waals surface area (Å²) in [5, 5.41) is 19.2. The summed E-state index contributed by atoms with van der Waals surface area (Å²) < 4.78 is 6.16. The van der Waals surface area contributed by atoms with E-state index >= 15 is 0 Å². The second-order valence-electron chi connectivity index (χ2n) is 9.45. The maximum Gasteiger partial charge on any atom is 0.303 e. The molecule has 1 aromatic rings. The van der Waals surface area contributed by atoms with Gasteiger partial charge in [0.1, 0.15) is 0 Å². The summed E-state index contributed by atoms with van der Waals surface area (Å²) in [5.41, 5.74) is 0.831. The molecule has 0 amide bonds. The summed E-state index contributed by atoms with van der Waals surface area (Å²) in [7, 11) is 0. The number of unbranched alkanes of at least 4 members (excludes halogenated alkanes) is 3. The highest BCUT2D eigenvalue weighted by Crippen LogP contribution is 2.55. The topological polar surface area (TPSA) is 66.8 Å². The lowest BCUT2D eigenvalue weighted by Gasteiger charge is -2.34. The number of allylic oxidation sites excluding steroid dienone is 2. The van der Waals surface area contributed by atoms with Crippen molar-refractivity contribution in [1.29, 1.82) is 0 Å². The standard InChI is InChI=1S/C29H38O4/c1-2-3-7-14-24(30)17-18-25-26(15-10-4-5-11-16-28(31)32)29(21-27(25)33-22-29)20-19-23-12-8-6-9-13-23/h4,6,8-10,12-13,17-18,24-27,30H,2-3,5,7,11,14-16,21-22H2,1H3,(H,31,32)/b10-4-,18-17+/t24-,25-,26-,27-,29-/m0/s1. The molecule has 4 heteroatoms. The molecule has 33 heavy (non-hydrogen) atoms. The van der Waals surface area contributed by atoms with Crippen LogP contribution in [0.3, 0.4) is 0 Å². The molecule has 1 heterocycles. The van der Waals surface area contributed by atoms with Crippen LogP contribution in [0.15, 0.2) is 54.6 Å². The molecule has 4 nitrogen and oxygen atoms in total. The highest BCUT2D eigenvalue weighted by atomic mass is 16.5. The number of rotatable bonds is 12. The number of hydrogen-bond acceptors (Lipinski definition) is 3.